The average molecular weight is 327 g/mol. The number of hydrogen-bond acceptors (Lipinski definition) is 3. The lowest BCUT2D eigenvalue weighted by molar-refractivity contribution is 0.0929. The minimum absolute atomic E-state index is 0.0136. The Hall–Kier alpha value is -2.01. The predicted molar refractivity (Wildman–Crippen MR) is 94.7 cm³/mol. The number of rotatable bonds is 5. The van der Waals surface area contributed by atoms with E-state index in [2.05, 4.69) is 27.8 Å². The zero-order valence-electron chi connectivity index (χ0n) is 14.3. The van der Waals surface area contributed by atoms with Crippen LogP contribution in [0.3, 0.4) is 0 Å². The van der Waals surface area contributed by atoms with E-state index in [0.717, 1.165) is 54.5 Å². The minimum Gasteiger partial charge on any atom is -0.494 e. The van der Waals surface area contributed by atoms with E-state index in [1.807, 2.05) is 18.2 Å². The third-order valence-electron chi connectivity index (χ3n) is 5.28. The number of nitrogens with zero attached hydrogens (tertiary/aromatic N) is 2. The van der Waals surface area contributed by atoms with E-state index in [4.69, 9.17) is 4.74 Å². The van der Waals surface area contributed by atoms with Crippen LogP contribution in [0.5, 0.6) is 5.75 Å². The SMILES string of the molecule is C[C@@H]1CCCN1CCCOc1ccc2c(c1)cc1n2CCNC1=O. The van der Waals surface area contributed by atoms with Crippen LogP contribution >= 0.6 is 0 Å². The second kappa shape index (κ2) is 6.48. The van der Waals surface area contributed by atoms with Crippen LogP contribution in [0.1, 0.15) is 36.7 Å². The largest absolute Gasteiger partial charge is 0.494 e. The van der Waals surface area contributed by atoms with Gasteiger partial charge in [0.05, 0.1) is 6.61 Å². The Labute approximate surface area is 142 Å². The molecule has 1 aromatic heterocycles. The summed E-state index contributed by atoms with van der Waals surface area (Å²) in [6, 6.07) is 8.81. The molecule has 0 unspecified atom stereocenters. The number of ether oxygens (including phenoxy) is 1. The van der Waals surface area contributed by atoms with Gasteiger partial charge in [-0.05, 0) is 57.0 Å². The summed E-state index contributed by atoms with van der Waals surface area (Å²) >= 11 is 0. The molecule has 0 aliphatic carbocycles. The molecule has 0 saturated carbocycles. The van der Waals surface area contributed by atoms with Crippen LogP contribution in [0.15, 0.2) is 24.3 Å². The molecule has 2 aliphatic rings. The quantitative estimate of drug-likeness (QED) is 0.859. The fourth-order valence-corrected chi connectivity index (χ4v) is 3.92. The zero-order valence-corrected chi connectivity index (χ0v) is 14.3. The summed E-state index contributed by atoms with van der Waals surface area (Å²) in [5, 5.41) is 3.97. The molecule has 1 amide bonds. The molecule has 24 heavy (non-hydrogen) atoms. The topological polar surface area (TPSA) is 46.5 Å². The Bertz CT molecular complexity index is 752. The van der Waals surface area contributed by atoms with E-state index in [0.29, 0.717) is 6.54 Å². The summed E-state index contributed by atoms with van der Waals surface area (Å²) in [4.78, 5) is 14.5. The molecule has 0 spiro atoms. The molecule has 1 saturated heterocycles. The summed E-state index contributed by atoms with van der Waals surface area (Å²) in [6.45, 7) is 6.92. The van der Waals surface area contributed by atoms with E-state index in [-0.39, 0.29) is 5.91 Å². The maximum Gasteiger partial charge on any atom is 0.268 e. The van der Waals surface area contributed by atoms with Gasteiger partial charge in [-0.2, -0.15) is 0 Å². The number of carbonyl (C=O) groups excluding carboxylic acids is 1. The molecule has 5 heteroatoms. The van der Waals surface area contributed by atoms with Gasteiger partial charge < -0.3 is 19.5 Å². The Morgan fingerprint density at radius 2 is 2.21 bits per heavy atom. The first kappa shape index (κ1) is 15.5. The number of likely N-dealkylation sites (tertiary alicyclic amines) is 1. The normalized spacial score (nSPS) is 21.0. The molecule has 5 nitrogen and oxygen atoms in total. The van der Waals surface area contributed by atoms with Crippen LogP contribution in [0.25, 0.3) is 10.9 Å². The standard InChI is InChI=1S/C19H25N3O2/c1-14-4-2-8-21(14)9-3-11-24-16-5-6-17-15(12-16)13-18-19(23)20-7-10-22(17)18/h5-6,12-14H,2-4,7-11H2,1H3,(H,20,23)/t14-/m1/s1. The monoisotopic (exact) mass is 327 g/mol. The van der Waals surface area contributed by atoms with Crippen LogP contribution in [0, 0.1) is 0 Å². The number of benzene rings is 1. The molecular weight excluding hydrogens is 302 g/mol. The Morgan fingerprint density at radius 3 is 3.04 bits per heavy atom. The van der Waals surface area contributed by atoms with Gasteiger partial charge >= 0.3 is 0 Å². The van der Waals surface area contributed by atoms with Crippen molar-refractivity contribution in [3.05, 3.63) is 30.0 Å². The van der Waals surface area contributed by atoms with Gasteiger partial charge in [-0.15, -0.1) is 0 Å². The molecule has 3 heterocycles. The number of amides is 1. The molecule has 0 radical (unpaired) electrons. The highest BCUT2D eigenvalue weighted by atomic mass is 16.5. The highest BCUT2D eigenvalue weighted by Crippen LogP contribution is 2.26. The van der Waals surface area contributed by atoms with Gasteiger partial charge in [0.2, 0.25) is 0 Å². The van der Waals surface area contributed by atoms with Crippen LogP contribution in [0.2, 0.25) is 0 Å². The molecule has 1 atom stereocenters. The Kier molecular flexibility index (Phi) is 4.19. The molecule has 2 aliphatic heterocycles. The smallest absolute Gasteiger partial charge is 0.268 e. The van der Waals surface area contributed by atoms with Gasteiger partial charge in [-0.1, -0.05) is 0 Å². The van der Waals surface area contributed by atoms with E-state index in [1.54, 1.807) is 0 Å². The summed E-state index contributed by atoms with van der Waals surface area (Å²) in [5.74, 6) is 0.903. The number of hydrogen-bond donors (Lipinski definition) is 1. The molecule has 4 rings (SSSR count). The molecule has 1 fully saturated rings. The number of carbonyl (C=O) groups is 1. The predicted octanol–water partition coefficient (Wildman–Crippen LogP) is 2.64. The Balaban J connectivity index is 1.39. The maximum absolute atomic E-state index is 11.9. The summed E-state index contributed by atoms with van der Waals surface area (Å²) in [7, 11) is 0. The lowest BCUT2D eigenvalue weighted by atomic mass is 10.2. The Morgan fingerprint density at radius 1 is 1.29 bits per heavy atom. The van der Waals surface area contributed by atoms with Gasteiger partial charge in [0.25, 0.3) is 5.91 Å². The van der Waals surface area contributed by atoms with Crippen LogP contribution in [-0.2, 0) is 6.54 Å². The van der Waals surface area contributed by atoms with Gasteiger partial charge in [-0.3, -0.25) is 4.79 Å². The maximum atomic E-state index is 11.9. The van der Waals surface area contributed by atoms with Crippen LogP contribution in [0.4, 0.5) is 0 Å². The van der Waals surface area contributed by atoms with Crippen LogP contribution in [-0.4, -0.2) is 47.7 Å². The van der Waals surface area contributed by atoms with Crippen molar-refractivity contribution in [3.63, 3.8) is 0 Å². The molecule has 0 bridgehead atoms. The highest BCUT2D eigenvalue weighted by molar-refractivity contribution is 5.99. The number of fused-ring (bicyclic) bond motifs is 3. The first-order valence-corrected chi connectivity index (χ1v) is 9.01. The van der Waals surface area contributed by atoms with Crippen LogP contribution < -0.4 is 10.1 Å². The van der Waals surface area contributed by atoms with E-state index in [1.165, 1.54) is 19.4 Å². The summed E-state index contributed by atoms with van der Waals surface area (Å²) in [6.07, 6.45) is 3.70. The van der Waals surface area contributed by atoms with Gasteiger partial charge in [0.1, 0.15) is 11.4 Å². The number of nitrogens with one attached hydrogen (secondary N) is 1. The van der Waals surface area contributed by atoms with Crippen molar-refractivity contribution in [3.8, 4) is 5.75 Å². The zero-order chi connectivity index (χ0) is 16.5. The van der Waals surface area contributed by atoms with E-state index in [9.17, 15) is 4.79 Å². The fourth-order valence-electron chi connectivity index (χ4n) is 3.92. The summed E-state index contributed by atoms with van der Waals surface area (Å²) in [5.41, 5.74) is 1.86. The van der Waals surface area contributed by atoms with Crippen molar-refractivity contribution in [1.82, 2.24) is 14.8 Å². The minimum atomic E-state index is 0.0136. The number of aromatic nitrogens is 1. The lowest BCUT2D eigenvalue weighted by Crippen LogP contribution is -2.34. The van der Waals surface area contributed by atoms with Gasteiger partial charge in [-0.25, -0.2) is 0 Å². The molecule has 1 N–H and O–H groups in total. The van der Waals surface area contributed by atoms with E-state index < -0.39 is 0 Å². The third-order valence-corrected chi connectivity index (χ3v) is 5.28. The van der Waals surface area contributed by atoms with Gasteiger partial charge in [0, 0.05) is 36.6 Å². The van der Waals surface area contributed by atoms with Crippen molar-refractivity contribution in [2.75, 3.05) is 26.2 Å². The third kappa shape index (κ3) is 2.88. The van der Waals surface area contributed by atoms with Crippen molar-refractivity contribution < 1.29 is 9.53 Å². The molecular formula is C19H25N3O2. The first-order valence-electron chi connectivity index (χ1n) is 9.01. The van der Waals surface area contributed by atoms with E-state index >= 15 is 0 Å². The van der Waals surface area contributed by atoms with Crippen molar-refractivity contribution in [2.45, 2.75) is 38.8 Å². The van der Waals surface area contributed by atoms with Gasteiger partial charge in [0.15, 0.2) is 0 Å². The molecule has 2 aromatic rings. The second-order valence-electron chi connectivity index (χ2n) is 6.89. The summed E-state index contributed by atoms with van der Waals surface area (Å²) < 4.78 is 8.02. The van der Waals surface area contributed by atoms with Crippen molar-refractivity contribution >= 4 is 16.8 Å². The second-order valence-corrected chi connectivity index (χ2v) is 6.89. The average Bonchev–Trinajstić information content (AvgIpc) is 3.16. The molecule has 128 valence electrons. The highest BCUT2D eigenvalue weighted by Gasteiger charge is 2.20. The van der Waals surface area contributed by atoms with Crippen molar-refractivity contribution in [2.24, 2.45) is 0 Å². The molecule has 1 aromatic carbocycles. The van der Waals surface area contributed by atoms with Crippen molar-refractivity contribution in [1.29, 1.82) is 0 Å². The first-order chi connectivity index (χ1) is 11.7. The fraction of sp³-hybridized carbons (Fsp3) is 0.526. The lowest BCUT2D eigenvalue weighted by Gasteiger charge is -2.20.